The van der Waals surface area contributed by atoms with Gasteiger partial charge >= 0.3 is 0 Å². The first-order valence-electron chi connectivity index (χ1n) is 6.06. The van der Waals surface area contributed by atoms with Crippen LogP contribution in [0.3, 0.4) is 0 Å². The van der Waals surface area contributed by atoms with Crippen LogP contribution in [0.4, 0.5) is 5.69 Å². The van der Waals surface area contributed by atoms with Gasteiger partial charge in [-0.3, -0.25) is 20.4 Å². The van der Waals surface area contributed by atoms with Crippen molar-refractivity contribution in [1.29, 1.82) is 0 Å². The van der Waals surface area contributed by atoms with Crippen LogP contribution in [0.2, 0.25) is 0 Å². The van der Waals surface area contributed by atoms with E-state index in [0.717, 1.165) is 5.69 Å². The van der Waals surface area contributed by atoms with Crippen molar-refractivity contribution in [1.82, 2.24) is 15.6 Å². The van der Waals surface area contributed by atoms with Gasteiger partial charge in [0.05, 0.1) is 11.3 Å². The molecule has 0 radical (unpaired) electrons. The summed E-state index contributed by atoms with van der Waals surface area (Å²) >= 11 is 0. The van der Waals surface area contributed by atoms with Crippen LogP contribution in [0.5, 0.6) is 0 Å². The predicted molar refractivity (Wildman–Crippen MR) is 72.4 cm³/mol. The SMILES string of the molecule is CCNC(=O)CCNC(=O)c1cnc(C)cc1NN. The van der Waals surface area contributed by atoms with Crippen LogP contribution in [0, 0.1) is 6.92 Å². The summed E-state index contributed by atoms with van der Waals surface area (Å²) < 4.78 is 0. The number of hydrogen-bond acceptors (Lipinski definition) is 5. The van der Waals surface area contributed by atoms with Crippen molar-refractivity contribution in [2.24, 2.45) is 5.84 Å². The van der Waals surface area contributed by atoms with Gasteiger partial charge in [0.15, 0.2) is 0 Å². The molecule has 1 heterocycles. The van der Waals surface area contributed by atoms with Gasteiger partial charge in [0, 0.05) is 31.4 Å². The van der Waals surface area contributed by atoms with E-state index in [1.54, 1.807) is 13.0 Å². The van der Waals surface area contributed by atoms with E-state index in [2.05, 4.69) is 21.0 Å². The number of anilines is 1. The van der Waals surface area contributed by atoms with E-state index in [4.69, 9.17) is 5.84 Å². The number of carbonyl (C=O) groups excluding carboxylic acids is 2. The lowest BCUT2D eigenvalue weighted by molar-refractivity contribution is -0.120. The highest BCUT2D eigenvalue weighted by molar-refractivity contribution is 5.99. The number of nitrogens with two attached hydrogens (primary N) is 1. The fourth-order valence-corrected chi connectivity index (χ4v) is 1.53. The number of rotatable bonds is 6. The summed E-state index contributed by atoms with van der Waals surface area (Å²) in [6.45, 7) is 4.49. The van der Waals surface area contributed by atoms with Crippen LogP contribution >= 0.6 is 0 Å². The lowest BCUT2D eigenvalue weighted by atomic mass is 10.2. The highest BCUT2D eigenvalue weighted by atomic mass is 16.2. The third-order valence-electron chi connectivity index (χ3n) is 2.45. The van der Waals surface area contributed by atoms with E-state index in [1.807, 2.05) is 6.92 Å². The molecule has 0 spiro atoms. The summed E-state index contributed by atoms with van der Waals surface area (Å²) in [6.07, 6.45) is 1.69. The van der Waals surface area contributed by atoms with E-state index < -0.39 is 0 Å². The lowest BCUT2D eigenvalue weighted by Crippen LogP contribution is -2.31. The van der Waals surface area contributed by atoms with Crippen molar-refractivity contribution in [3.63, 3.8) is 0 Å². The Morgan fingerprint density at radius 3 is 2.74 bits per heavy atom. The molecule has 19 heavy (non-hydrogen) atoms. The number of nitrogen functional groups attached to an aromatic ring is 1. The number of nitrogens with zero attached hydrogens (tertiary/aromatic N) is 1. The molecule has 1 aromatic rings. The molecular formula is C12H19N5O2. The second-order valence-electron chi connectivity index (χ2n) is 3.98. The number of aromatic nitrogens is 1. The normalized spacial score (nSPS) is 9.84. The maximum atomic E-state index is 11.9. The van der Waals surface area contributed by atoms with Crippen molar-refractivity contribution in [3.05, 3.63) is 23.5 Å². The third kappa shape index (κ3) is 4.55. The molecule has 0 saturated heterocycles. The van der Waals surface area contributed by atoms with Crippen molar-refractivity contribution in [3.8, 4) is 0 Å². The smallest absolute Gasteiger partial charge is 0.255 e. The van der Waals surface area contributed by atoms with Gasteiger partial charge in [-0.2, -0.15) is 0 Å². The van der Waals surface area contributed by atoms with E-state index in [0.29, 0.717) is 17.8 Å². The zero-order chi connectivity index (χ0) is 14.3. The van der Waals surface area contributed by atoms with Gasteiger partial charge in [-0.05, 0) is 19.9 Å². The minimum absolute atomic E-state index is 0.0954. The molecule has 0 aromatic carbocycles. The molecule has 1 aromatic heterocycles. The second-order valence-corrected chi connectivity index (χ2v) is 3.98. The molecule has 0 aliphatic carbocycles. The van der Waals surface area contributed by atoms with E-state index in [1.165, 1.54) is 6.20 Å². The summed E-state index contributed by atoms with van der Waals surface area (Å²) in [5.41, 5.74) is 4.07. The Hall–Kier alpha value is -2.15. The summed E-state index contributed by atoms with van der Waals surface area (Å²) in [7, 11) is 0. The summed E-state index contributed by atoms with van der Waals surface area (Å²) in [5.74, 6) is 4.94. The van der Waals surface area contributed by atoms with Gasteiger partial charge in [-0.15, -0.1) is 0 Å². The van der Waals surface area contributed by atoms with Gasteiger partial charge < -0.3 is 16.1 Å². The zero-order valence-corrected chi connectivity index (χ0v) is 11.1. The minimum atomic E-state index is -0.315. The van der Waals surface area contributed by atoms with Crippen molar-refractivity contribution in [2.75, 3.05) is 18.5 Å². The quantitative estimate of drug-likeness (QED) is 0.425. The summed E-state index contributed by atoms with van der Waals surface area (Å²) in [6, 6.07) is 1.68. The molecule has 104 valence electrons. The van der Waals surface area contributed by atoms with E-state index in [-0.39, 0.29) is 24.8 Å². The standard InChI is InChI=1S/C12H19N5O2/c1-3-14-11(18)4-5-15-12(19)9-7-16-8(2)6-10(9)17-13/h6-7H,3-5,13H2,1-2H3,(H,14,18)(H,15,19)(H,16,17). The topological polar surface area (TPSA) is 109 Å². The van der Waals surface area contributed by atoms with Crippen LogP contribution in [0.15, 0.2) is 12.3 Å². The average Bonchev–Trinajstić information content (AvgIpc) is 2.38. The Kier molecular flexibility index (Phi) is 5.74. The molecule has 0 atom stereocenters. The van der Waals surface area contributed by atoms with Crippen molar-refractivity contribution < 1.29 is 9.59 Å². The Labute approximate surface area is 111 Å². The number of nitrogens with one attached hydrogen (secondary N) is 3. The second kappa shape index (κ2) is 7.32. The van der Waals surface area contributed by atoms with Crippen molar-refractivity contribution in [2.45, 2.75) is 20.3 Å². The third-order valence-corrected chi connectivity index (χ3v) is 2.45. The monoisotopic (exact) mass is 265 g/mol. The Balaban J connectivity index is 2.56. The molecule has 7 nitrogen and oxygen atoms in total. The number of amides is 2. The van der Waals surface area contributed by atoms with Crippen molar-refractivity contribution >= 4 is 17.5 Å². The molecule has 2 amide bonds. The number of hydrogen-bond donors (Lipinski definition) is 4. The first-order valence-corrected chi connectivity index (χ1v) is 6.06. The first-order chi connectivity index (χ1) is 9.08. The number of hydrazine groups is 1. The molecule has 0 aliphatic rings. The maximum absolute atomic E-state index is 11.9. The molecule has 0 fully saturated rings. The molecule has 5 N–H and O–H groups in total. The minimum Gasteiger partial charge on any atom is -0.356 e. The Bertz CT molecular complexity index is 461. The van der Waals surface area contributed by atoms with Gasteiger partial charge in [0.25, 0.3) is 5.91 Å². The highest BCUT2D eigenvalue weighted by Crippen LogP contribution is 2.13. The number of aryl methyl sites for hydroxylation is 1. The molecular weight excluding hydrogens is 246 g/mol. The maximum Gasteiger partial charge on any atom is 0.255 e. The molecule has 1 rings (SSSR count). The largest absolute Gasteiger partial charge is 0.356 e. The zero-order valence-electron chi connectivity index (χ0n) is 11.1. The van der Waals surface area contributed by atoms with Crippen LogP contribution in [-0.2, 0) is 4.79 Å². The molecule has 0 bridgehead atoms. The molecule has 7 heteroatoms. The first kappa shape index (κ1) is 14.9. The predicted octanol–water partition coefficient (Wildman–Crippen LogP) is -0.0684. The van der Waals surface area contributed by atoms with E-state index in [9.17, 15) is 9.59 Å². The fraction of sp³-hybridized carbons (Fsp3) is 0.417. The van der Waals surface area contributed by atoms with Gasteiger partial charge in [0.1, 0.15) is 0 Å². The fourth-order valence-electron chi connectivity index (χ4n) is 1.53. The van der Waals surface area contributed by atoms with Crippen LogP contribution in [0.25, 0.3) is 0 Å². The molecule has 0 unspecified atom stereocenters. The molecule has 0 saturated carbocycles. The lowest BCUT2D eigenvalue weighted by Gasteiger charge is -2.09. The van der Waals surface area contributed by atoms with Gasteiger partial charge in [0.2, 0.25) is 5.91 Å². The van der Waals surface area contributed by atoms with E-state index >= 15 is 0 Å². The Morgan fingerprint density at radius 1 is 1.37 bits per heavy atom. The average molecular weight is 265 g/mol. The Morgan fingerprint density at radius 2 is 2.11 bits per heavy atom. The van der Waals surface area contributed by atoms with Gasteiger partial charge in [-0.1, -0.05) is 0 Å². The summed E-state index contributed by atoms with van der Waals surface area (Å²) in [5, 5.41) is 5.30. The van der Waals surface area contributed by atoms with Gasteiger partial charge in [-0.25, -0.2) is 0 Å². The molecule has 0 aliphatic heterocycles. The highest BCUT2D eigenvalue weighted by Gasteiger charge is 2.11. The number of carbonyl (C=O) groups is 2. The van der Waals surface area contributed by atoms with Crippen LogP contribution < -0.4 is 21.9 Å². The number of pyridine rings is 1. The van der Waals surface area contributed by atoms with Crippen LogP contribution in [0.1, 0.15) is 29.4 Å². The van der Waals surface area contributed by atoms with Crippen LogP contribution in [-0.4, -0.2) is 29.9 Å². The summed E-state index contributed by atoms with van der Waals surface area (Å²) in [4.78, 5) is 27.2.